The molecule has 0 saturated carbocycles. The lowest BCUT2D eigenvalue weighted by molar-refractivity contribution is -0.139. The molecule has 1 N–H and O–H groups in total. The number of carboxylic acids is 1. The van der Waals surface area contributed by atoms with E-state index in [4.69, 9.17) is 9.84 Å². The molecule has 20 heavy (non-hydrogen) atoms. The number of benzene rings is 1. The van der Waals surface area contributed by atoms with Gasteiger partial charge in [0.05, 0.1) is 13.0 Å². The SMILES string of the molecule is CCCOc1ccc(C(C)N2CC(CC(=O)O)C2)cc1. The molecule has 2 rings (SSSR count). The van der Waals surface area contributed by atoms with Gasteiger partial charge in [0.15, 0.2) is 0 Å². The maximum absolute atomic E-state index is 10.6. The number of nitrogens with zero attached hydrogens (tertiary/aromatic N) is 1. The van der Waals surface area contributed by atoms with Crippen LogP contribution >= 0.6 is 0 Å². The molecule has 1 heterocycles. The number of rotatable bonds is 7. The third-order valence-corrected chi connectivity index (χ3v) is 3.83. The number of likely N-dealkylation sites (tertiary alicyclic amines) is 1. The van der Waals surface area contributed by atoms with Gasteiger partial charge in [-0.15, -0.1) is 0 Å². The Morgan fingerprint density at radius 3 is 2.60 bits per heavy atom. The first-order valence-electron chi connectivity index (χ1n) is 7.28. The average molecular weight is 277 g/mol. The van der Waals surface area contributed by atoms with E-state index in [9.17, 15) is 4.79 Å². The first-order chi connectivity index (χ1) is 9.60. The van der Waals surface area contributed by atoms with Crippen molar-refractivity contribution in [1.29, 1.82) is 0 Å². The van der Waals surface area contributed by atoms with Crippen molar-refractivity contribution in [3.05, 3.63) is 29.8 Å². The lowest BCUT2D eigenvalue weighted by Gasteiger charge is -2.42. The summed E-state index contributed by atoms with van der Waals surface area (Å²) in [6.07, 6.45) is 1.30. The fraction of sp³-hybridized carbons (Fsp3) is 0.562. The fourth-order valence-corrected chi connectivity index (χ4v) is 2.58. The summed E-state index contributed by atoms with van der Waals surface area (Å²) < 4.78 is 5.57. The molecule has 0 aliphatic carbocycles. The molecule has 1 fully saturated rings. The first-order valence-corrected chi connectivity index (χ1v) is 7.28. The Morgan fingerprint density at radius 1 is 1.40 bits per heavy atom. The third kappa shape index (κ3) is 3.73. The van der Waals surface area contributed by atoms with Crippen LogP contribution in [-0.4, -0.2) is 35.7 Å². The Balaban J connectivity index is 1.84. The van der Waals surface area contributed by atoms with Gasteiger partial charge in [-0.3, -0.25) is 9.69 Å². The van der Waals surface area contributed by atoms with Crippen LogP contribution < -0.4 is 4.74 Å². The van der Waals surface area contributed by atoms with Crippen LogP contribution in [0.5, 0.6) is 5.75 Å². The van der Waals surface area contributed by atoms with Gasteiger partial charge < -0.3 is 9.84 Å². The molecule has 1 aliphatic rings. The number of carboxylic acid groups (broad SMARTS) is 1. The highest BCUT2D eigenvalue weighted by molar-refractivity contribution is 5.67. The van der Waals surface area contributed by atoms with Crippen LogP contribution in [0.15, 0.2) is 24.3 Å². The number of hydrogen-bond donors (Lipinski definition) is 1. The Kier molecular flexibility index (Phi) is 5.01. The molecule has 1 unspecified atom stereocenters. The molecule has 1 aromatic carbocycles. The lowest BCUT2D eigenvalue weighted by atomic mass is 9.92. The second-order valence-electron chi connectivity index (χ2n) is 5.51. The molecule has 1 saturated heterocycles. The van der Waals surface area contributed by atoms with Crippen molar-refractivity contribution in [1.82, 2.24) is 4.90 Å². The lowest BCUT2D eigenvalue weighted by Crippen LogP contribution is -2.48. The Bertz CT molecular complexity index is 438. The third-order valence-electron chi connectivity index (χ3n) is 3.83. The number of hydrogen-bond acceptors (Lipinski definition) is 3. The monoisotopic (exact) mass is 277 g/mol. The highest BCUT2D eigenvalue weighted by Gasteiger charge is 2.32. The average Bonchev–Trinajstić information content (AvgIpc) is 2.39. The minimum atomic E-state index is -0.695. The quantitative estimate of drug-likeness (QED) is 0.832. The Morgan fingerprint density at radius 2 is 2.05 bits per heavy atom. The van der Waals surface area contributed by atoms with Crippen LogP contribution in [0.2, 0.25) is 0 Å². The number of carbonyl (C=O) groups is 1. The van der Waals surface area contributed by atoms with Gasteiger partial charge in [-0.1, -0.05) is 19.1 Å². The second kappa shape index (κ2) is 6.75. The zero-order chi connectivity index (χ0) is 14.5. The Labute approximate surface area is 120 Å². The van der Waals surface area contributed by atoms with Gasteiger partial charge >= 0.3 is 5.97 Å². The summed E-state index contributed by atoms with van der Waals surface area (Å²) >= 11 is 0. The molecular formula is C16H23NO3. The topological polar surface area (TPSA) is 49.8 Å². The van der Waals surface area contributed by atoms with Crippen molar-refractivity contribution in [3.8, 4) is 5.75 Å². The molecule has 1 atom stereocenters. The van der Waals surface area contributed by atoms with E-state index in [-0.39, 0.29) is 6.42 Å². The van der Waals surface area contributed by atoms with E-state index in [0.717, 1.165) is 31.9 Å². The van der Waals surface area contributed by atoms with Crippen molar-refractivity contribution in [3.63, 3.8) is 0 Å². The van der Waals surface area contributed by atoms with E-state index in [2.05, 4.69) is 30.9 Å². The molecule has 0 bridgehead atoms. The smallest absolute Gasteiger partial charge is 0.303 e. The van der Waals surface area contributed by atoms with Gasteiger partial charge in [0.1, 0.15) is 5.75 Å². The largest absolute Gasteiger partial charge is 0.494 e. The summed E-state index contributed by atoms with van der Waals surface area (Å²) in [4.78, 5) is 13.0. The van der Waals surface area contributed by atoms with Crippen molar-refractivity contribution >= 4 is 5.97 Å². The van der Waals surface area contributed by atoms with Gasteiger partial charge in [0, 0.05) is 19.1 Å². The van der Waals surface area contributed by atoms with E-state index in [1.165, 1.54) is 5.56 Å². The van der Waals surface area contributed by atoms with Crippen molar-refractivity contribution in [2.75, 3.05) is 19.7 Å². The minimum Gasteiger partial charge on any atom is -0.494 e. The number of aliphatic carboxylic acids is 1. The summed E-state index contributed by atoms with van der Waals surface area (Å²) in [6, 6.07) is 8.55. The minimum absolute atomic E-state index is 0.285. The second-order valence-corrected chi connectivity index (χ2v) is 5.51. The molecule has 110 valence electrons. The van der Waals surface area contributed by atoms with E-state index >= 15 is 0 Å². The Hall–Kier alpha value is -1.55. The molecule has 1 aromatic rings. The summed E-state index contributed by atoms with van der Waals surface area (Å²) in [7, 11) is 0. The van der Waals surface area contributed by atoms with Gasteiger partial charge in [0.2, 0.25) is 0 Å². The molecule has 0 spiro atoms. The first kappa shape index (κ1) is 14.9. The molecule has 4 nitrogen and oxygen atoms in total. The van der Waals surface area contributed by atoms with Crippen molar-refractivity contribution in [2.45, 2.75) is 32.7 Å². The highest BCUT2D eigenvalue weighted by Crippen LogP contribution is 2.30. The van der Waals surface area contributed by atoms with Crippen LogP contribution in [0.4, 0.5) is 0 Å². The van der Waals surface area contributed by atoms with Gasteiger partial charge in [0.25, 0.3) is 0 Å². The van der Waals surface area contributed by atoms with E-state index < -0.39 is 5.97 Å². The van der Waals surface area contributed by atoms with Crippen molar-refractivity contribution < 1.29 is 14.6 Å². The molecule has 0 aromatic heterocycles. The molecule has 4 heteroatoms. The molecule has 0 amide bonds. The van der Waals surface area contributed by atoms with Crippen LogP contribution in [0, 0.1) is 5.92 Å². The molecule has 0 radical (unpaired) electrons. The summed E-state index contributed by atoms with van der Waals surface area (Å²) in [5.74, 6) is 0.525. The standard InChI is InChI=1S/C16H23NO3/c1-3-8-20-15-6-4-14(5-7-15)12(2)17-10-13(11-17)9-16(18)19/h4-7,12-13H,3,8-11H2,1-2H3,(H,18,19). The van der Waals surface area contributed by atoms with Gasteiger partial charge in [-0.05, 0) is 37.0 Å². The van der Waals surface area contributed by atoms with Crippen LogP contribution in [0.1, 0.15) is 38.3 Å². The summed E-state index contributed by atoms with van der Waals surface area (Å²) in [5.41, 5.74) is 1.25. The van der Waals surface area contributed by atoms with E-state index in [1.54, 1.807) is 0 Å². The molecule has 1 aliphatic heterocycles. The zero-order valence-corrected chi connectivity index (χ0v) is 12.2. The van der Waals surface area contributed by atoms with E-state index in [1.807, 2.05) is 12.1 Å². The van der Waals surface area contributed by atoms with Crippen molar-refractivity contribution in [2.24, 2.45) is 5.92 Å². The van der Waals surface area contributed by atoms with E-state index in [0.29, 0.717) is 12.0 Å². The fourth-order valence-electron chi connectivity index (χ4n) is 2.58. The van der Waals surface area contributed by atoms with Gasteiger partial charge in [-0.25, -0.2) is 0 Å². The predicted molar refractivity (Wildman–Crippen MR) is 78.0 cm³/mol. The summed E-state index contributed by atoms with van der Waals surface area (Å²) in [6.45, 7) is 6.76. The summed E-state index contributed by atoms with van der Waals surface area (Å²) in [5, 5.41) is 8.76. The molecular weight excluding hydrogens is 254 g/mol. The van der Waals surface area contributed by atoms with Gasteiger partial charge in [-0.2, -0.15) is 0 Å². The zero-order valence-electron chi connectivity index (χ0n) is 12.2. The highest BCUT2D eigenvalue weighted by atomic mass is 16.5. The maximum Gasteiger partial charge on any atom is 0.303 e. The van der Waals surface area contributed by atoms with Crippen LogP contribution in [0.3, 0.4) is 0 Å². The maximum atomic E-state index is 10.6. The normalized spacial score (nSPS) is 17.5. The van der Waals surface area contributed by atoms with Crippen LogP contribution in [-0.2, 0) is 4.79 Å². The number of ether oxygens (including phenoxy) is 1. The van der Waals surface area contributed by atoms with Crippen LogP contribution in [0.25, 0.3) is 0 Å². The predicted octanol–water partition coefficient (Wildman–Crippen LogP) is 2.94.